The number of carboxylic acids is 1. The van der Waals surface area contributed by atoms with Gasteiger partial charge in [-0.3, -0.25) is 14.3 Å². The summed E-state index contributed by atoms with van der Waals surface area (Å²) in [5, 5.41) is 14.3. The molecule has 7 heteroatoms. The number of carbonyl (C=O) groups excluding carboxylic acids is 1. The molecule has 3 atom stereocenters. The maximum absolute atomic E-state index is 13.0. The third kappa shape index (κ3) is 3.22. The third-order valence-electron chi connectivity index (χ3n) is 5.96. The number of para-hydroxylation sites is 1. The number of likely N-dealkylation sites (tertiary alicyclic amines) is 1. The first-order chi connectivity index (χ1) is 13.1. The van der Waals surface area contributed by atoms with Crippen LogP contribution in [-0.4, -0.2) is 43.7 Å². The summed E-state index contributed by atoms with van der Waals surface area (Å²) in [6.45, 7) is 0.319. The van der Waals surface area contributed by atoms with Crippen molar-refractivity contribution < 1.29 is 14.7 Å². The maximum Gasteiger partial charge on any atom is 0.326 e. The number of aryl methyl sites for hydroxylation is 1. The van der Waals surface area contributed by atoms with Gasteiger partial charge in [-0.15, -0.1) is 0 Å². The van der Waals surface area contributed by atoms with Crippen LogP contribution in [0, 0.1) is 5.92 Å². The zero-order valence-electron chi connectivity index (χ0n) is 15.1. The minimum absolute atomic E-state index is 0.0473. The van der Waals surface area contributed by atoms with Crippen molar-refractivity contribution >= 4 is 22.8 Å². The molecular formula is C20H23N3O4. The van der Waals surface area contributed by atoms with E-state index in [9.17, 15) is 19.5 Å². The molecule has 0 unspecified atom stereocenters. The van der Waals surface area contributed by atoms with E-state index in [-0.39, 0.29) is 23.8 Å². The lowest BCUT2D eigenvalue weighted by molar-refractivity contribution is -0.150. The highest BCUT2D eigenvalue weighted by atomic mass is 16.4. The average molecular weight is 369 g/mol. The van der Waals surface area contributed by atoms with Crippen LogP contribution < -0.4 is 5.43 Å². The summed E-state index contributed by atoms with van der Waals surface area (Å²) in [5.41, 5.74) is 0.535. The first-order valence-corrected chi connectivity index (χ1v) is 9.55. The number of rotatable bonds is 4. The van der Waals surface area contributed by atoms with Crippen molar-refractivity contribution in [3.05, 3.63) is 40.7 Å². The van der Waals surface area contributed by atoms with Crippen LogP contribution in [0.4, 0.5) is 0 Å². The molecule has 2 fully saturated rings. The Balaban J connectivity index is 1.54. The second kappa shape index (κ2) is 7.13. The van der Waals surface area contributed by atoms with E-state index < -0.39 is 12.0 Å². The quantitative estimate of drug-likeness (QED) is 0.890. The minimum Gasteiger partial charge on any atom is -0.480 e. The Hall–Kier alpha value is -2.70. The van der Waals surface area contributed by atoms with Gasteiger partial charge in [0.25, 0.3) is 0 Å². The largest absolute Gasteiger partial charge is 0.480 e. The fraction of sp³-hybridized carbons (Fsp3) is 0.500. The lowest BCUT2D eigenvalue weighted by atomic mass is 9.84. The van der Waals surface area contributed by atoms with Crippen LogP contribution in [0.1, 0.15) is 38.5 Å². The molecule has 1 aromatic carbocycles. The molecule has 1 N–H and O–H groups in total. The molecule has 2 aromatic rings. The van der Waals surface area contributed by atoms with Gasteiger partial charge in [0.05, 0.1) is 18.3 Å². The van der Waals surface area contributed by atoms with Gasteiger partial charge in [0.2, 0.25) is 11.3 Å². The fourth-order valence-corrected chi connectivity index (χ4v) is 4.71. The van der Waals surface area contributed by atoms with Gasteiger partial charge in [-0.1, -0.05) is 25.0 Å². The highest BCUT2D eigenvalue weighted by Gasteiger charge is 2.47. The predicted octanol–water partition coefficient (Wildman–Crippen LogP) is 2.03. The Morgan fingerprint density at radius 3 is 2.78 bits per heavy atom. The van der Waals surface area contributed by atoms with Gasteiger partial charge in [-0.25, -0.2) is 4.79 Å². The molecule has 2 aliphatic rings. The molecule has 0 spiro atoms. The zero-order valence-corrected chi connectivity index (χ0v) is 15.1. The van der Waals surface area contributed by atoms with Crippen LogP contribution in [0.5, 0.6) is 0 Å². The van der Waals surface area contributed by atoms with Gasteiger partial charge in [0, 0.05) is 17.8 Å². The second-order valence-corrected chi connectivity index (χ2v) is 7.50. The van der Waals surface area contributed by atoms with Crippen molar-refractivity contribution in [3.63, 3.8) is 0 Å². The fourth-order valence-electron chi connectivity index (χ4n) is 4.71. The number of nitrogens with zero attached hydrogens (tertiary/aromatic N) is 3. The number of hydrogen-bond donors (Lipinski definition) is 1. The molecule has 1 aromatic heterocycles. The summed E-state index contributed by atoms with van der Waals surface area (Å²) >= 11 is 0. The second-order valence-electron chi connectivity index (χ2n) is 7.50. The van der Waals surface area contributed by atoms with Crippen LogP contribution in [-0.2, 0) is 16.1 Å². The van der Waals surface area contributed by atoms with Crippen molar-refractivity contribution in [1.82, 2.24) is 14.7 Å². The van der Waals surface area contributed by atoms with Gasteiger partial charge in [-0.05, 0) is 37.3 Å². The highest BCUT2D eigenvalue weighted by Crippen LogP contribution is 2.40. The molecular weight excluding hydrogens is 346 g/mol. The molecule has 0 radical (unpaired) electrons. The minimum atomic E-state index is -0.912. The molecule has 7 nitrogen and oxygen atoms in total. The number of benzene rings is 1. The van der Waals surface area contributed by atoms with Crippen LogP contribution in [0.15, 0.2) is 35.3 Å². The Morgan fingerprint density at radius 1 is 1.19 bits per heavy atom. The lowest BCUT2D eigenvalue weighted by Gasteiger charge is -2.33. The number of carboxylic acid groups (broad SMARTS) is 1. The van der Waals surface area contributed by atoms with E-state index in [2.05, 4.69) is 5.10 Å². The summed E-state index contributed by atoms with van der Waals surface area (Å²) in [7, 11) is 0. The summed E-state index contributed by atoms with van der Waals surface area (Å²) in [6.07, 6.45) is 6.05. The van der Waals surface area contributed by atoms with Crippen LogP contribution in [0.3, 0.4) is 0 Å². The molecule has 2 heterocycles. The Morgan fingerprint density at radius 2 is 1.96 bits per heavy atom. The van der Waals surface area contributed by atoms with E-state index in [1.807, 2.05) is 6.07 Å². The number of carbonyl (C=O) groups is 2. The normalized spacial score (nSPS) is 24.7. The molecule has 1 aliphatic carbocycles. The van der Waals surface area contributed by atoms with Gasteiger partial charge in [0.15, 0.2) is 0 Å². The molecule has 1 amide bonds. The predicted molar refractivity (Wildman–Crippen MR) is 99.3 cm³/mol. The van der Waals surface area contributed by atoms with Crippen molar-refractivity contribution in [2.24, 2.45) is 5.92 Å². The molecule has 0 bridgehead atoms. The molecule has 1 aliphatic heterocycles. The molecule has 1 saturated heterocycles. The maximum atomic E-state index is 13.0. The van der Waals surface area contributed by atoms with Gasteiger partial charge in [0.1, 0.15) is 6.04 Å². The standard InChI is InChI=1S/C20H23N3O4/c24-18-12-21-22(16-8-4-2-6-14(16)18)10-9-19(25)23-15-7-3-1-5-13(15)11-17(23)20(26)27/h2,4,6,8,12-13,15,17H,1,3,5,7,9-11H2,(H,26,27)/t13-,15-,17+/m1/s1. The van der Waals surface area contributed by atoms with Crippen molar-refractivity contribution in [1.29, 1.82) is 0 Å². The SMILES string of the molecule is O=C(O)[C@@H]1C[C@H]2CCCC[C@H]2N1C(=O)CCn1ncc(=O)c2ccccc21. The van der Waals surface area contributed by atoms with Crippen LogP contribution >= 0.6 is 0 Å². The van der Waals surface area contributed by atoms with Crippen molar-refractivity contribution in [3.8, 4) is 0 Å². The van der Waals surface area contributed by atoms with Gasteiger partial charge in [-0.2, -0.15) is 5.10 Å². The Labute approximate surface area is 156 Å². The smallest absolute Gasteiger partial charge is 0.326 e. The topological polar surface area (TPSA) is 92.5 Å². The van der Waals surface area contributed by atoms with Crippen molar-refractivity contribution in [2.75, 3.05) is 0 Å². The monoisotopic (exact) mass is 369 g/mol. The van der Waals surface area contributed by atoms with Gasteiger partial charge < -0.3 is 10.0 Å². The van der Waals surface area contributed by atoms with Gasteiger partial charge >= 0.3 is 5.97 Å². The summed E-state index contributed by atoms with van der Waals surface area (Å²) < 4.78 is 1.65. The van der Waals surface area contributed by atoms with E-state index in [1.54, 1.807) is 27.8 Å². The molecule has 142 valence electrons. The molecule has 1 saturated carbocycles. The third-order valence-corrected chi connectivity index (χ3v) is 5.96. The summed E-state index contributed by atoms with van der Waals surface area (Å²) in [4.78, 5) is 38.2. The highest BCUT2D eigenvalue weighted by molar-refractivity contribution is 5.85. The number of amides is 1. The zero-order chi connectivity index (χ0) is 19.0. The first kappa shape index (κ1) is 17.7. The van der Waals surface area contributed by atoms with E-state index in [1.165, 1.54) is 6.20 Å². The van der Waals surface area contributed by atoms with Crippen LogP contribution in [0.25, 0.3) is 10.9 Å². The van der Waals surface area contributed by atoms with E-state index in [4.69, 9.17) is 0 Å². The van der Waals surface area contributed by atoms with Crippen LogP contribution in [0.2, 0.25) is 0 Å². The lowest BCUT2D eigenvalue weighted by Crippen LogP contribution is -2.46. The summed E-state index contributed by atoms with van der Waals surface area (Å²) in [6, 6.07) is 6.50. The number of hydrogen-bond acceptors (Lipinski definition) is 4. The summed E-state index contributed by atoms with van der Waals surface area (Å²) in [5.74, 6) is -0.749. The Bertz CT molecular complexity index is 938. The number of aliphatic carboxylic acids is 1. The van der Waals surface area contributed by atoms with E-state index in [0.29, 0.717) is 29.8 Å². The van der Waals surface area contributed by atoms with Crippen molar-refractivity contribution in [2.45, 2.75) is 57.2 Å². The molecule has 4 rings (SSSR count). The average Bonchev–Trinajstić information content (AvgIpc) is 3.07. The molecule has 27 heavy (non-hydrogen) atoms. The first-order valence-electron chi connectivity index (χ1n) is 9.55. The van der Waals surface area contributed by atoms with E-state index >= 15 is 0 Å². The Kier molecular flexibility index (Phi) is 4.68. The number of aromatic nitrogens is 2. The number of fused-ring (bicyclic) bond motifs is 2. The van der Waals surface area contributed by atoms with E-state index in [0.717, 1.165) is 25.7 Å².